The molecule has 15 heavy (non-hydrogen) atoms. The molecule has 2 bridgehead atoms. The van der Waals surface area contributed by atoms with Gasteiger partial charge >= 0.3 is 6.01 Å². The van der Waals surface area contributed by atoms with Crippen molar-refractivity contribution in [2.75, 3.05) is 18.0 Å². The molecule has 2 fully saturated rings. The highest BCUT2D eigenvalue weighted by Crippen LogP contribution is 2.36. The molecule has 5 nitrogen and oxygen atoms in total. The lowest BCUT2D eigenvalue weighted by atomic mass is 9.93. The average molecular weight is 208 g/mol. The molecular weight excluding hydrogens is 192 g/mol. The van der Waals surface area contributed by atoms with Crippen molar-refractivity contribution in [3.63, 3.8) is 0 Å². The number of hydrogen-bond donors (Lipinski definition) is 1. The molecule has 1 aliphatic carbocycles. The van der Waals surface area contributed by atoms with E-state index in [2.05, 4.69) is 15.1 Å². The maximum Gasteiger partial charge on any atom is 0.318 e. The standard InChI is InChI=1S/C10H16N4O/c1-6-12-13-10(15-6)14-4-7-2-3-8(5-14)9(7)11/h7-9H,2-5,11H2,1H3/t7-,8+,9-. The molecule has 1 saturated carbocycles. The van der Waals surface area contributed by atoms with Crippen LogP contribution in [0.2, 0.25) is 0 Å². The molecule has 3 atom stereocenters. The second-order valence-electron chi connectivity index (χ2n) is 4.68. The van der Waals surface area contributed by atoms with Gasteiger partial charge in [-0.15, -0.1) is 5.10 Å². The second kappa shape index (κ2) is 3.20. The van der Waals surface area contributed by atoms with Crippen LogP contribution >= 0.6 is 0 Å². The van der Waals surface area contributed by atoms with Gasteiger partial charge in [-0.1, -0.05) is 5.10 Å². The predicted molar refractivity (Wildman–Crippen MR) is 55.4 cm³/mol. The fourth-order valence-corrected chi connectivity index (χ4v) is 2.83. The Labute approximate surface area is 88.6 Å². The zero-order valence-corrected chi connectivity index (χ0v) is 8.89. The molecule has 5 heteroatoms. The smallest absolute Gasteiger partial charge is 0.318 e. The SMILES string of the molecule is Cc1nnc(N2C[C@H]3CC[C@@H](C2)[C@@H]3N)o1. The summed E-state index contributed by atoms with van der Waals surface area (Å²) in [6, 6.07) is 1.04. The van der Waals surface area contributed by atoms with Crippen LogP contribution in [-0.2, 0) is 0 Å². The topological polar surface area (TPSA) is 68.2 Å². The minimum atomic E-state index is 0.380. The highest BCUT2D eigenvalue weighted by molar-refractivity contribution is 5.27. The van der Waals surface area contributed by atoms with E-state index in [1.807, 2.05) is 6.92 Å². The number of nitrogens with two attached hydrogens (primary N) is 1. The van der Waals surface area contributed by atoms with Crippen molar-refractivity contribution in [3.8, 4) is 0 Å². The van der Waals surface area contributed by atoms with Crippen molar-refractivity contribution in [2.24, 2.45) is 17.6 Å². The summed E-state index contributed by atoms with van der Waals surface area (Å²) >= 11 is 0. The van der Waals surface area contributed by atoms with Crippen molar-refractivity contribution >= 4 is 6.01 Å². The first kappa shape index (κ1) is 9.15. The van der Waals surface area contributed by atoms with Gasteiger partial charge in [-0.05, 0) is 24.7 Å². The van der Waals surface area contributed by atoms with Gasteiger partial charge in [-0.3, -0.25) is 0 Å². The third-order valence-corrected chi connectivity index (χ3v) is 3.69. The largest absolute Gasteiger partial charge is 0.408 e. The molecule has 1 aromatic heterocycles. The van der Waals surface area contributed by atoms with E-state index < -0.39 is 0 Å². The van der Waals surface area contributed by atoms with Crippen LogP contribution in [-0.4, -0.2) is 29.3 Å². The van der Waals surface area contributed by atoms with Gasteiger partial charge < -0.3 is 15.1 Å². The Bertz CT molecular complexity index is 350. The normalized spacial score (nSPS) is 34.8. The Morgan fingerprint density at radius 2 is 1.93 bits per heavy atom. The van der Waals surface area contributed by atoms with Gasteiger partial charge in [0.15, 0.2) is 0 Å². The number of piperidine rings is 1. The van der Waals surface area contributed by atoms with Crippen LogP contribution in [0.3, 0.4) is 0 Å². The Morgan fingerprint density at radius 1 is 1.27 bits per heavy atom. The fraction of sp³-hybridized carbons (Fsp3) is 0.800. The number of anilines is 1. The molecule has 0 radical (unpaired) electrons. The lowest BCUT2D eigenvalue weighted by Crippen LogP contribution is -2.48. The average Bonchev–Trinajstić information content (AvgIpc) is 2.70. The molecule has 2 aliphatic rings. The Morgan fingerprint density at radius 3 is 2.47 bits per heavy atom. The molecule has 82 valence electrons. The zero-order valence-electron chi connectivity index (χ0n) is 8.89. The third kappa shape index (κ3) is 1.42. The minimum Gasteiger partial charge on any atom is -0.408 e. The van der Waals surface area contributed by atoms with E-state index in [4.69, 9.17) is 10.2 Å². The van der Waals surface area contributed by atoms with Crippen LogP contribution in [0.5, 0.6) is 0 Å². The lowest BCUT2D eigenvalue weighted by Gasteiger charge is -2.34. The summed E-state index contributed by atoms with van der Waals surface area (Å²) in [5.74, 6) is 1.85. The van der Waals surface area contributed by atoms with Crippen LogP contribution in [0.4, 0.5) is 6.01 Å². The van der Waals surface area contributed by atoms with Gasteiger partial charge in [0.2, 0.25) is 5.89 Å². The summed E-state index contributed by atoms with van der Waals surface area (Å²) in [7, 11) is 0. The van der Waals surface area contributed by atoms with Crippen LogP contribution in [0.1, 0.15) is 18.7 Å². The third-order valence-electron chi connectivity index (χ3n) is 3.69. The van der Waals surface area contributed by atoms with Crippen molar-refractivity contribution < 1.29 is 4.42 Å². The van der Waals surface area contributed by atoms with Crippen LogP contribution in [0, 0.1) is 18.8 Å². The molecule has 0 aromatic carbocycles. The van der Waals surface area contributed by atoms with Crippen molar-refractivity contribution in [1.82, 2.24) is 10.2 Å². The van der Waals surface area contributed by atoms with Gasteiger partial charge in [0.25, 0.3) is 0 Å². The first-order valence-electron chi connectivity index (χ1n) is 5.54. The molecule has 2 N–H and O–H groups in total. The van der Waals surface area contributed by atoms with E-state index in [0.29, 0.717) is 29.8 Å². The molecule has 1 saturated heterocycles. The molecule has 2 heterocycles. The number of hydrogen-bond acceptors (Lipinski definition) is 5. The Hall–Kier alpha value is -1.10. The number of nitrogens with zero attached hydrogens (tertiary/aromatic N) is 3. The van der Waals surface area contributed by atoms with Crippen molar-refractivity contribution in [2.45, 2.75) is 25.8 Å². The van der Waals surface area contributed by atoms with E-state index in [1.165, 1.54) is 12.8 Å². The van der Waals surface area contributed by atoms with Crippen LogP contribution in [0.25, 0.3) is 0 Å². The first-order valence-corrected chi connectivity index (χ1v) is 5.54. The quantitative estimate of drug-likeness (QED) is 0.730. The summed E-state index contributed by atoms with van der Waals surface area (Å²) < 4.78 is 5.45. The van der Waals surface area contributed by atoms with Crippen molar-refractivity contribution in [3.05, 3.63) is 5.89 Å². The summed E-state index contributed by atoms with van der Waals surface area (Å²) in [4.78, 5) is 2.19. The van der Waals surface area contributed by atoms with E-state index in [0.717, 1.165) is 13.1 Å². The van der Waals surface area contributed by atoms with Gasteiger partial charge in [-0.2, -0.15) is 0 Å². The maximum atomic E-state index is 6.14. The summed E-state index contributed by atoms with van der Waals surface area (Å²) in [5, 5.41) is 7.92. The maximum absolute atomic E-state index is 6.14. The lowest BCUT2D eigenvalue weighted by molar-refractivity contribution is 0.340. The minimum absolute atomic E-state index is 0.380. The van der Waals surface area contributed by atoms with E-state index in [-0.39, 0.29) is 0 Å². The number of fused-ring (bicyclic) bond motifs is 2. The molecule has 0 unspecified atom stereocenters. The summed E-state index contributed by atoms with van der Waals surface area (Å²) in [6.45, 7) is 3.76. The molecule has 3 rings (SSSR count). The zero-order chi connectivity index (χ0) is 10.4. The molecular formula is C10H16N4O. The van der Waals surface area contributed by atoms with E-state index >= 15 is 0 Å². The highest BCUT2D eigenvalue weighted by atomic mass is 16.4. The molecule has 1 aromatic rings. The Balaban J connectivity index is 1.80. The predicted octanol–water partition coefficient (Wildman–Crippen LogP) is 0.552. The molecule has 0 spiro atoms. The van der Waals surface area contributed by atoms with E-state index in [1.54, 1.807) is 0 Å². The summed E-state index contributed by atoms with van der Waals surface area (Å²) in [5.41, 5.74) is 6.14. The van der Waals surface area contributed by atoms with Gasteiger partial charge in [-0.25, -0.2) is 0 Å². The number of rotatable bonds is 1. The van der Waals surface area contributed by atoms with Gasteiger partial charge in [0.05, 0.1) is 0 Å². The number of aryl methyl sites for hydroxylation is 1. The number of aromatic nitrogens is 2. The first-order chi connectivity index (χ1) is 7.24. The summed E-state index contributed by atoms with van der Waals surface area (Å²) in [6.07, 6.45) is 2.49. The van der Waals surface area contributed by atoms with Crippen LogP contribution < -0.4 is 10.6 Å². The fourth-order valence-electron chi connectivity index (χ4n) is 2.83. The van der Waals surface area contributed by atoms with Crippen molar-refractivity contribution in [1.29, 1.82) is 0 Å². The second-order valence-corrected chi connectivity index (χ2v) is 4.68. The van der Waals surface area contributed by atoms with E-state index in [9.17, 15) is 0 Å². The highest BCUT2D eigenvalue weighted by Gasteiger charge is 2.40. The Kier molecular flexibility index (Phi) is 1.95. The molecule has 1 aliphatic heterocycles. The molecule has 0 amide bonds. The van der Waals surface area contributed by atoms with Crippen LogP contribution in [0.15, 0.2) is 4.42 Å². The van der Waals surface area contributed by atoms with Gasteiger partial charge in [0.1, 0.15) is 0 Å². The van der Waals surface area contributed by atoms with Gasteiger partial charge in [0, 0.05) is 26.1 Å². The monoisotopic (exact) mass is 208 g/mol.